The van der Waals surface area contributed by atoms with Crippen molar-refractivity contribution in [2.75, 3.05) is 0 Å². The first kappa shape index (κ1) is 5.80. The molecule has 0 fully saturated rings. The van der Waals surface area contributed by atoms with Crippen LogP contribution in [0.4, 0.5) is 0 Å². The van der Waals surface area contributed by atoms with Gasteiger partial charge in [0.25, 0.3) is 0 Å². The van der Waals surface area contributed by atoms with E-state index < -0.39 is 0 Å². The Kier molecular flexibility index (Phi) is 2.91. The molecule has 0 saturated carbocycles. The van der Waals surface area contributed by atoms with Crippen molar-refractivity contribution in [1.82, 2.24) is 0 Å². The van der Waals surface area contributed by atoms with E-state index in [0.29, 0.717) is 0 Å². The Bertz CT molecular complexity index is 52.8. The Hall–Kier alpha value is -0.200. The predicted molar refractivity (Wildman–Crippen MR) is 31.5 cm³/mol. The molecule has 0 N–H and O–H groups in total. The Morgan fingerprint density at radius 2 is 2.17 bits per heavy atom. The highest BCUT2D eigenvalue weighted by atomic mass is 16.1. The summed E-state index contributed by atoms with van der Waals surface area (Å²) < 4.78 is 0. The second-order valence-corrected chi connectivity index (χ2v) is 1.45. The van der Waals surface area contributed by atoms with Gasteiger partial charge in [0.15, 0.2) is 7.85 Å². The van der Waals surface area contributed by atoms with Crippen molar-refractivity contribution in [2.45, 2.75) is 12.7 Å². The molecular formula is C3H8B2O. The number of hydrogen-bond acceptors (Lipinski definition) is 1. The first-order valence-corrected chi connectivity index (χ1v) is 2.26. The fraction of sp³-hybridized carbons (Fsp3) is 0.667. The summed E-state index contributed by atoms with van der Waals surface area (Å²) in [6.07, 6.45) is 1.72. The molecule has 0 aliphatic rings. The smallest absolute Gasteiger partial charge is 0.187 e. The number of hydrogen-bond donors (Lipinski definition) is 0. The van der Waals surface area contributed by atoms with Gasteiger partial charge in [-0.1, -0.05) is 6.32 Å². The highest BCUT2D eigenvalue weighted by Crippen LogP contribution is 1.79. The van der Waals surface area contributed by atoms with Crippen LogP contribution in [-0.2, 0) is 4.79 Å². The SMILES string of the molecule is BCCC(B)=O. The summed E-state index contributed by atoms with van der Waals surface area (Å²) in [6.45, 7) is 0. The van der Waals surface area contributed by atoms with Gasteiger partial charge in [0, 0.05) is 0 Å². The van der Waals surface area contributed by atoms with Gasteiger partial charge < -0.3 is 4.79 Å². The third kappa shape index (κ3) is 3.80. The summed E-state index contributed by atoms with van der Waals surface area (Å²) in [7, 11) is 3.62. The van der Waals surface area contributed by atoms with Gasteiger partial charge in [0.05, 0.1) is 5.68 Å². The lowest BCUT2D eigenvalue weighted by Gasteiger charge is -1.80. The van der Waals surface area contributed by atoms with Crippen molar-refractivity contribution in [3.05, 3.63) is 0 Å². The van der Waals surface area contributed by atoms with E-state index in [1.807, 2.05) is 7.85 Å². The molecular weight excluding hydrogens is 73.7 g/mol. The maximum Gasteiger partial charge on any atom is 0.187 e. The molecule has 0 bridgehead atoms. The third-order valence-electron chi connectivity index (χ3n) is 0.602. The van der Waals surface area contributed by atoms with Crippen LogP contribution in [0, 0.1) is 0 Å². The first-order chi connectivity index (χ1) is 2.77. The molecule has 0 rings (SSSR count). The van der Waals surface area contributed by atoms with Gasteiger partial charge in [-0.2, -0.15) is 0 Å². The lowest BCUT2D eigenvalue weighted by Crippen LogP contribution is -1.92. The van der Waals surface area contributed by atoms with Gasteiger partial charge in [-0.3, -0.25) is 0 Å². The lowest BCUT2D eigenvalue weighted by molar-refractivity contribution is -0.111. The van der Waals surface area contributed by atoms with Crippen LogP contribution in [0.2, 0.25) is 6.32 Å². The number of carbonyl (C=O) groups is 1. The van der Waals surface area contributed by atoms with Gasteiger partial charge in [-0.05, 0) is 6.42 Å². The minimum absolute atomic E-state index is 0.289. The van der Waals surface area contributed by atoms with E-state index in [4.69, 9.17) is 0 Å². The standard InChI is InChI=1S/C3H8B2O/c4-2-1-3(5)6/h1-2,4-5H2. The maximum absolute atomic E-state index is 10.0. The second kappa shape index (κ2) is 3.01. The van der Waals surface area contributed by atoms with Crippen LogP contribution in [0.3, 0.4) is 0 Å². The normalized spacial score (nSPS) is 8.00. The molecule has 0 spiro atoms. The summed E-state index contributed by atoms with van der Waals surface area (Å²) >= 11 is 0. The molecule has 0 aromatic heterocycles. The first-order valence-electron chi connectivity index (χ1n) is 2.26. The molecule has 0 radical (unpaired) electrons. The van der Waals surface area contributed by atoms with Crippen LogP contribution in [0.15, 0.2) is 0 Å². The average molecular weight is 81.7 g/mol. The van der Waals surface area contributed by atoms with E-state index in [0.717, 1.165) is 12.7 Å². The molecule has 1 nitrogen and oxygen atoms in total. The van der Waals surface area contributed by atoms with Gasteiger partial charge in [-0.15, -0.1) is 0 Å². The molecule has 0 aromatic rings. The summed E-state index contributed by atoms with van der Waals surface area (Å²) in [6, 6.07) is 0. The fourth-order valence-corrected chi connectivity index (χ4v) is 0.352. The summed E-state index contributed by atoms with van der Waals surface area (Å²) in [5.74, 6) is 0. The molecule has 32 valence electrons. The molecule has 0 aliphatic heterocycles. The van der Waals surface area contributed by atoms with E-state index in [-0.39, 0.29) is 5.68 Å². The molecule has 0 saturated heterocycles. The molecule has 0 unspecified atom stereocenters. The predicted octanol–water partition coefficient (Wildman–Crippen LogP) is -1.41. The Balaban J connectivity index is 2.83. The van der Waals surface area contributed by atoms with E-state index >= 15 is 0 Å². The van der Waals surface area contributed by atoms with Gasteiger partial charge in [0.1, 0.15) is 7.85 Å². The summed E-state index contributed by atoms with van der Waals surface area (Å²) in [5.41, 5.74) is 0.289. The van der Waals surface area contributed by atoms with Crippen LogP contribution in [0.5, 0.6) is 0 Å². The van der Waals surface area contributed by atoms with Gasteiger partial charge >= 0.3 is 0 Å². The van der Waals surface area contributed by atoms with E-state index in [9.17, 15) is 4.79 Å². The maximum atomic E-state index is 10.0. The molecule has 0 aromatic carbocycles. The molecule has 0 aliphatic carbocycles. The van der Waals surface area contributed by atoms with Crippen LogP contribution >= 0.6 is 0 Å². The lowest BCUT2D eigenvalue weighted by atomic mass is 9.91. The van der Waals surface area contributed by atoms with Crippen LogP contribution in [0.1, 0.15) is 6.42 Å². The average Bonchev–Trinajstić information content (AvgIpc) is 1.35. The largest absolute Gasteiger partial charge is 0.312 e. The monoisotopic (exact) mass is 82.1 g/mol. The summed E-state index contributed by atoms with van der Waals surface area (Å²) in [4.78, 5) is 10.0. The zero-order chi connectivity index (χ0) is 4.99. The summed E-state index contributed by atoms with van der Waals surface area (Å²) in [5, 5.41) is 0. The molecule has 0 heterocycles. The molecule has 3 heteroatoms. The highest BCUT2D eigenvalue weighted by Gasteiger charge is 1.84. The fourth-order valence-electron chi connectivity index (χ4n) is 0.352. The molecule has 0 amide bonds. The number of rotatable bonds is 2. The van der Waals surface area contributed by atoms with Crippen LogP contribution < -0.4 is 0 Å². The van der Waals surface area contributed by atoms with E-state index in [2.05, 4.69) is 0 Å². The Morgan fingerprint density at radius 1 is 1.67 bits per heavy atom. The zero-order valence-electron chi connectivity index (χ0n) is 4.32. The minimum atomic E-state index is 0.289. The Labute approximate surface area is 39.9 Å². The van der Waals surface area contributed by atoms with Crippen molar-refractivity contribution < 1.29 is 4.79 Å². The zero-order valence-corrected chi connectivity index (χ0v) is 4.32. The topological polar surface area (TPSA) is 17.1 Å². The van der Waals surface area contributed by atoms with Crippen molar-refractivity contribution in [3.8, 4) is 0 Å². The quantitative estimate of drug-likeness (QED) is 0.374. The third-order valence-corrected chi connectivity index (χ3v) is 0.602. The van der Waals surface area contributed by atoms with Crippen molar-refractivity contribution in [2.24, 2.45) is 0 Å². The molecule has 0 atom stereocenters. The van der Waals surface area contributed by atoms with Crippen LogP contribution in [-0.4, -0.2) is 21.4 Å². The highest BCUT2D eigenvalue weighted by molar-refractivity contribution is 6.57. The van der Waals surface area contributed by atoms with Crippen LogP contribution in [0.25, 0.3) is 0 Å². The van der Waals surface area contributed by atoms with Gasteiger partial charge in [0.2, 0.25) is 0 Å². The minimum Gasteiger partial charge on any atom is -0.312 e. The molecule has 6 heavy (non-hydrogen) atoms. The second-order valence-electron chi connectivity index (χ2n) is 1.45. The Morgan fingerprint density at radius 3 is 2.17 bits per heavy atom. The van der Waals surface area contributed by atoms with Crippen molar-refractivity contribution >= 4 is 21.4 Å². The van der Waals surface area contributed by atoms with Gasteiger partial charge in [-0.25, -0.2) is 0 Å². The van der Waals surface area contributed by atoms with E-state index in [1.165, 1.54) is 0 Å². The van der Waals surface area contributed by atoms with Crippen molar-refractivity contribution in [1.29, 1.82) is 0 Å². The number of carbonyl (C=O) groups excluding carboxylic acids is 1. The van der Waals surface area contributed by atoms with E-state index in [1.54, 1.807) is 7.85 Å². The van der Waals surface area contributed by atoms with Crippen molar-refractivity contribution in [3.63, 3.8) is 0 Å².